The van der Waals surface area contributed by atoms with Gasteiger partial charge in [0.2, 0.25) is 0 Å². The lowest BCUT2D eigenvalue weighted by Crippen LogP contribution is -2.29. The molecule has 0 aromatic heterocycles. The van der Waals surface area contributed by atoms with Crippen LogP contribution in [-0.2, 0) is 0 Å². The molecule has 3 nitrogen and oxygen atoms in total. The van der Waals surface area contributed by atoms with Gasteiger partial charge in [0.1, 0.15) is 0 Å². The van der Waals surface area contributed by atoms with E-state index < -0.39 is 0 Å². The van der Waals surface area contributed by atoms with Crippen LogP contribution in [0.25, 0.3) is 0 Å². The SMILES string of the molecule is C=CCCCNC(=O)Nc1ccccc1. The number of allylic oxidation sites excluding steroid dienone is 1. The number of nitrogens with one attached hydrogen (secondary N) is 2. The van der Waals surface area contributed by atoms with E-state index in [2.05, 4.69) is 17.2 Å². The van der Waals surface area contributed by atoms with Crippen LogP contribution in [0, 0.1) is 0 Å². The number of carbonyl (C=O) groups excluding carboxylic acids is 1. The van der Waals surface area contributed by atoms with Crippen LogP contribution in [0.3, 0.4) is 0 Å². The first kappa shape index (κ1) is 11.3. The number of hydrogen-bond acceptors (Lipinski definition) is 1. The summed E-state index contributed by atoms with van der Waals surface area (Å²) in [5, 5.41) is 5.51. The number of amides is 2. The molecule has 0 heterocycles. The predicted molar refractivity (Wildman–Crippen MR) is 62.9 cm³/mol. The maximum atomic E-state index is 11.3. The van der Waals surface area contributed by atoms with Crippen molar-refractivity contribution in [3.63, 3.8) is 0 Å². The monoisotopic (exact) mass is 204 g/mol. The number of hydrogen-bond donors (Lipinski definition) is 2. The molecule has 0 bridgehead atoms. The molecule has 3 heteroatoms. The number of urea groups is 1. The second kappa shape index (κ2) is 6.65. The van der Waals surface area contributed by atoms with Crippen molar-refractivity contribution in [1.29, 1.82) is 0 Å². The average molecular weight is 204 g/mol. The molecule has 1 rings (SSSR count). The average Bonchev–Trinajstić information content (AvgIpc) is 2.26. The van der Waals surface area contributed by atoms with Gasteiger partial charge in [0.05, 0.1) is 0 Å². The van der Waals surface area contributed by atoms with Crippen molar-refractivity contribution in [3.05, 3.63) is 43.0 Å². The Labute approximate surface area is 90.2 Å². The van der Waals surface area contributed by atoms with E-state index in [0.29, 0.717) is 6.54 Å². The third kappa shape index (κ3) is 4.86. The third-order valence-electron chi connectivity index (χ3n) is 1.90. The summed E-state index contributed by atoms with van der Waals surface area (Å²) in [7, 11) is 0. The van der Waals surface area contributed by atoms with Crippen molar-refractivity contribution in [2.75, 3.05) is 11.9 Å². The Morgan fingerprint density at radius 3 is 2.73 bits per heavy atom. The van der Waals surface area contributed by atoms with E-state index in [1.54, 1.807) is 0 Å². The zero-order valence-electron chi connectivity index (χ0n) is 8.70. The quantitative estimate of drug-likeness (QED) is 0.562. The van der Waals surface area contributed by atoms with Crippen molar-refractivity contribution >= 4 is 11.7 Å². The molecule has 0 atom stereocenters. The number of rotatable bonds is 5. The van der Waals surface area contributed by atoms with Gasteiger partial charge in [-0.3, -0.25) is 0 Å². The van der Waals surface area contributed by atoms with E-state index in [9.17, 15) is 4.79 Å². The van der Waals surface area contributed by atoms with Gasteiger partial charge in [0.15, 0.2) is 0 Å². The lowest BCUT2D eigenvalue weighted by atomic mass is 10.3. The number of anilines is 1. The largest absolute Gasteiger partial charge is 0.338 e. The first-order valence-corrected chi connectivity index (χ1v) is 5.03. The Kier molecular flexibility index (Phi) is 5.01. The summed E-state index contributed by atoms with van der Waals surface area (Å²) < 4.78 is 0. The molecule has 1 aromatic carbocycles. The van der Waals surface area contributed by atoms with Gasteiger partial charge in [-0.2, -0.15) is 0 Å². The van der Waals surface area contributed by atoms with Crippen LogP contribution in [0.2, 0.25) is 0 Å². The van der Waals surface area contributed by atoms with E-state index in [4.69, 9.17) is 0 Å². The fraction of sp³-hybridized carbons (Fsp3) is 0.250. The lowest BCUT2D eigenvalue weighted by Gasteiger charge is -2.06. The summed E-state index contributed by atoms with van der Waals surface area (Å²) in [6.45, 7) is 4.29. The minimum absolute atomic E-state index is 0.162. The van der Waals surface area contributed by atoms with Crippen molar-refractivity contribution in [3.8, 4) is 0 Å². The first-order chi connectivity index (χ1) is 7.33. The Hall–Kier alpha value is -1.77. The Morgan fingerprint density at radius 2 is 2.07 bits per heavy atom. The molecule has 2 amide bonds. The van der Waals surface area contributed by atoms with Gasteiger partial charge >= 0.3 is 6.03 Å². The highest BCUT2D eigenvalue weighted by Crippen LogP contribution is 2.03. The molecule has 0 fully saturated rings. The van der Waals surface area contributed by atoms with E-state index in [0.717, 1.165) is 18.5 Å². The topological polar surface area (TPSA) is 41.1 Å². The van der Waals surface area contributed by atoms with Gasteiger partial charge in [-0.15, -0.1) is 6.58 Å². The molecule has 2 N–H and O–H groups in total. The van der Waals surface area contributed by atoms with Crippen molar-refractivity contribution in [2.45, 2.75) is 12.8 Å². The van der Waals surface area contributed by atoms with Gasteiger partial charge in [-0.05, 0) is 25.0 Å². The molecule has 80 valence electrons. The Morgan fingerprint density at radius 1 is 1.33 bits per heavy atom. The van der Waals surface area contributed by atoms with Crippen molar-refractivity contribution < 1.29 is 4.79 Å². The minimum atomic E-state index is -0.162. The van der Waals surface area contributed by atoms with Gasteiger partial charge in [0, 0.05) is 12.2 Å². The van der Waals surface area contributed by atoms with Crippen molar-refractivity contribution in [2.24, 2.45) is 0 Å². The minimum Gasteiger partial charge on any atom is -0.338 e. The molecule has 0 unspecified atom stereocenters. The molecule has 1 aromatic rings. The van der Waals surface area contributed by atoms with Gasteiger partial charge < -0.3 is 10.6 Å². The zero-order chi connectivity index (χ0) is 10.9. The smallest absolute Gasteiger partial charge is 0.319 e. The summed E-state index contributed by atoms with van der Waals surface area (Å²) in [5.41, 5.74) is 0.804. The van der Waals surface area contributed by atoms with Crippen LogP contribution < -0.4 is 10.6 Å². The summed E-state index contributed by atoms with van der Waals surface area (Å²) >= 11 is 0. The second-order valence-electron chi connectivity index (χ2n) is 3.18. The Balaban J connectivity index is 2.22. The zero-order valence-corrected chi connectivity index (χ0v) is 8.70. The number of benzene rings is 1. The predicted octanol–water partition coefficient (Wildman–Crippen LogP) is 2.77. The number of unbranched alkanes of at least 4 members (excludes halogenated alkanes) is 1. The van der Waals surface area contributed by atoms with E-state index in [1.807, 2.05) is 36.4 Å². The first-order valence-electron chi connectivity index (χ1n) is 5.03. The molecule has 15 heavy (non-hydrogen) atoms. The van der Waals surface area contributed by atoms with Gasteiger partial charge in [-0.25, -0.2) is 4.79 Å². The van der Waals surface area contributed by atoms with Crippen LogP contribution >= 0.6 is 0 Å². The molecular formula is C12H16N2O. The van der Waals surface area contributed by atoms with Gasteiger partial charge in [0.25, 0.3) is 0 Å². The highest BCUT2D eigenvalue weighted by molar-refractivity contribution is 5.89. The van der Waals surface area contributed by atoms with Crippen LogP contribution in [0.15, 0.2) is 43.0 Å². The normalized spacial score (nSPS) is 9.33. The number of para-hydroxylation sites is 1. The summed E-state index contributed by atoms with van der Waals surface area (Å²) in [6, 6.07) is 9.21. The molecule has 0 saturated heterocycles. The molecule has 0 aliphatic carbocycles. The Bertz CT molecular complexity index is 309. The standard InChI is InChI=1S/C12H16N2O/c1-2-3-7-10-13-12(15)14-11-8-5-4-6-9-11/h2,4-6,8-9H,1,3,7,10H2,(H2,13,14,15). The summed E-state index contributed by atoms with van der Waals surface area (Å²) in [6.07, 6.45) is 3.69. The maximum Gasteiger partial charge on any atom is 0.319 e. The molecule has 0 spiro atoms. The second-order valence-corrected chi connectivity index (χ2v) is 3.18. The van der Waals surface area contributed by atoms with Crippen molar-refractivity contribution in [1.82, 2.24) is 5.32 Å². The lowest BCUT2D eigenvalue weighted by molar-refractivity contribution is 0.252. The fourth-order valence-corrected chi connectivity index (χ4v) is 1.15. The third-order valence-corrected chi connectivity index (χ3v) is 1.90. The van der Waals surface area contributed by atoms with E-state index in [-0.39, 0.29) is 6.03 Å². The molecule has 0 aliphatic rings. The molecular weight excluding hydrogens is 188 g/mol. The molecule has 0 aliphatic heterocycles. The summed E-state index contributed by atoms with van der Waals surface area (Å²) in [4.78, 5) is 11.3. The van der Waals surface area contributed by atoms with Crippen LogP contribution in [-0.4, -0.2) is 12.6 Å². The molecule has 0 saturated carbocycles. The maximum absolute atomic E-state index is 11.3. The fourth-order valence-electron chi connectivity index (χ4n) is 1.15. The van der Waals surface area contributed by atoms with Gasteiger partial charge in [-0.1, -0.05) is 24.3 Å². The molecule has 0 radical (unpaired) electrons. The van der Waals surface area contributed by atoms with E-state index >= 15 is 0 Å². The number of carbonyl (C=O) groups is 1. The van der Waals surface area contributed by atoms with Crippen LogP contribution in [0.4, 0.5) is 10.5 Å². The van der Waals surface area contributed by atoms with Crippen LogP contribution in [0.1, 0.15) is 12.8 Å². The summed E-state index contributed by atoms with van der Waals surface area (Å²) in [5.74, 6) is 0. The van der Waals surface area contributed by atoms with Crippen LogP contribution in [0.5, 0.6) is 0 Å². The highest BCUT2D eigenvalue weighted by Gasteiger charge is 1.98. The highest BCUT2D eigenvalue weighted by atomic mass is 16.2. The van der Waals surface area contributed by atoms with E-state index in [1.165, 1.54) is 0 Å².